The number of rotatable bonds is 1. The molecular weight excluding hydrogens is 192 g/mol. The second kappa shape index (κ2) is 3.73. The maximum absolute atomic E-state index is 9.59. The van der Waals surface area contributed by atoms with Crippen LogP contribution in [0, 0.1) is 0 Å². The van der Waals surface area contributed by atoms with Gasteiger partial charge in [0.2, 0.25) is 0 Å². The first-order valence-electron chi connectivity index (χ1n) is 4.31. The summed E-state index contributed by atoms with van der Waals surface area (Å²) in [6.07, 6.45) is -7.11. The molecule has 1 rings (SSSR count). The molecule has 0 saturated heterocycles. The van der Waals surface area contributed by atoms with Gasteiger partial charge in [0, 0.05) is 7.11 Å². The lowest BCUT2D eigenvalue weighted by molar-refractivity contribution is -0.266. The van der Waals surface area contributed by atoms with Crippen LogP contribution in [0.2, 0.25) is 0 Å². The fraction of sp³-hybridized carbons (Fsp3) is 1.00. The van der Waals surface area contributed by atoms with E-state index in [0.29, 0.717) is 0 Å². The molecule has 0 bridgehead atoms. The van der Waals surface area contributed by atoms with Crippen molar-refractivity contribution in [1.82, 2.24) is 0 Å². The highest BCUT2D eigenvalue weighted by atomic mass is 16.5. The molecule has 1 aliphatic rings. The fourth-order valence-corrected chi connectivity index (χ4v) is 1.71. The monoisotopic (exact) mass is 208 g/mol. The van der Waals surface area contributed by atoms with Crippen molar-refractivity contribution >= 4 is 0 Å². The molecule has 0 amide bonds. The minimum Gasteiger partial charge on any atom is -0.387 e. The fourth-order valence-electron chi connectivity index (χ4n) is 1.71. The molecule has 84 valence electrons. The largest absolute Gasteiger partial charge is 0.387 e. The van der Waals surface area contributed by atoms with Crippen molar-refractivity contribution in [3.63, 3.8) is 0 Å². The molecule has 6 atom stereocenters. The third-order valence-electron chi connectivity index (χ3n) is 2.79. The van der Waals surface area contributed by atoms with Gasteiger partial charge in [0.05, 0.1) is 0 Å². The van der Waals surface area contributed by atoms with Crippen LogP contribution in [0.4, 0.5) is 0 Å². The summed E-state index contributed by atoms with van der Waals surface area (Å²) in [6, 6.07) is 0. The van der Waals surface area contributed by atoms with E-state index in [1.807, 2.05) is 0 Å². The standard InChI is InChI=1S/C8H16O6/c1-8(13)6(11)3(9)5(14-2)4(10)7(8)12/h3-7,9-13H,1-2H3/t3-,4-,5-,6-,7+,8+/m0/s1. The van der Waals surface area contributed by atoms with E-state index in [1.165, 1.54) is 7.11 Å². The van der Waals surface area contributed by atoms with Gasteiger partial charge in [-0.15, -0.1) is 0 Å². The molecule has 1 saturated carbocycles. The first-order chi connectivity index (χ1) is 6.34. The highest BCUT2D eigenvalue weighted by Gasteiger charge is 2.55. The first-order valence-corrected chi connectivity index (χ1v) is 4.31. The number of ether oxygens (including phenoxy) is 1. The Morgan fingerprint density at radius 2 is 1.36 bits per heavy atom. The van der Waals surface area contributed by atoms with Crippen LogP contribution in [0.15, 0.2) is 0 Å². The Labute approximate surface area is 81.4 Å². The van der Waals surface area contributed by atoms with Crippen LogP contribution in [-0.4, -0.2) is 68.8 Å². The summed E-state index contributed by atoms with van der Waals surface area (Å²) < 4.78 is 4.72. The van der Waals surface area contributed by atoms with E-state index in [0.717, 1.165) is 6.92 Å². The topological polar surface area (TPSA) is 110 Å². The summed E-state index contributed by atoms with van der Waals surface area (Å²) in [4.78, 5) is 0. The molecule has 0 aromatic heterocycles. The van der Waals surface area contributed by atoms with Crippen LogP contribution >= 0.6 is 0 Å². The SMILES string of the molecule is CO[C@@H]1[C@H](O)[C@@H](O)[C@](C)(O)[C@@H](O)[C@H]1O. The smallest absolute Gasteiger partial charge is 0.119 e. The molecule has 1 aliphatic carbocycles. The molecule has 1 fully saturated rings. The summed E-state index contributed by atoms with van der Waals surface area (Å²) in [7, 11) is 1.23. The van der Waals surface area contributed by atoms with Gasteiger partial charge in [-0.25, -0.2) is 0 Å². The minimum absolute atomic E-state index is 1.11. The Kier molecular flexibility index (Phi) is 3.15. The third kappa shape index (κ3) is 1.54. The van der Waals surface area contributed by atoms with Crippen LogP contribution in [0.3, 0.4) is 0 Å². The molecule has 0 radical (unpaired) electrons. The second-order valence-corrected chi connectivity index (χ2v) is 3.80. The van der Waals surface area contributed by atoms with Crippen molar-refractivity contribution in [2.45, 2.75) is 43.0 Å². The molecule has 14 heavy (non-hydrogen) atoms. The molecule has 0 spiro atoms. The van der Waals surface area contributed by atoms with Crippen molar-refractivity contribution in [1.29, 1.82) is 0 Å². The van der Waals surface area contributed by atoms with Gasteiger partial charge in [-0.3, -0.25) is 0 Å². The molecular formula is C8H16O6. The lowest BCUT2D eigenvalue weighted by Gasteiger charge is -2.46. The van der Waals surface area contributed by atoms with Crippen LogP contribution in [0.5, 0.6) is 0 Å². The van der Waals surface area contributed by atoms with E-state index in [-0.39, 0.29) is 0 Å². The van der Waals surface area contributed by atoms with Gasteiger partial charge in [0.25, 0.3) is 0 Å². The number of methoxy groups -OCH3 is 1. The summed E-state index contributed by atoms with van der Waals surface area (Å²) in [5, 5.41) is 47.4. The highest BCUT2D eigenvalue weighted by molar-refractivity contribution is 5.06. The molecule has 6 heteroatoms. The number of hydrogen-bond donors (Lipinski definition) is 5. The third-order valence-corrected chi connectivity index (χ3v) is 2.79. The van der Waals surface area contributed by atoms with Gasteiger partial charge < -0.3 is 30.3 Å². The zero-order valence-electron chi connectivity index (χ0n) is 8.03. The maximum atomic E-state index is 9.59. The highest BCUT2D eigenvalue weighted by Crippen LogP contribution is 2.30. The van der Waals surface area contributed by atoms with E-state index in [1.54, 1.807) is 0 Å². The predicted octanol–water partition coefficient (Wildman–Crippen LogP) is -2.79. The lowest BCUT2D eigenvalue weighted by Crippen LogP contribution is -2.69. The van der Waals surface area contributed by atoms with Gasteiger partial charge in [0.15, 0.2) is 0 Å². The number of aliphatic hydroxyl groups excluding tert-OH is 4. The van der Waals surface area contributed by atoms with E-state index in [4.69, 9.17) is 4.74 Å². The molecule has 0 unspecified atom stereocenters. The van der Waals surface area contributed by atoms with Gasteiger partial charge in [-0.2, -0.15) is 0 Å². The quantitative estimate of drug-likeness (QED) is 0.318. The molecule has 0 aromatic rings. The molecule has 0 aromatic carbocycles. The lowest BCUT2D eigenvalue weighted by atomic mass is 9.76. The molecule has 6 nitrogen and oxygen atoms in total. The Balaban J connectivity index is 2.94. The second-order valence-electron chi connectivity index (χ2n) is 3.80. The minimum atomic E-state index is -1.95. The van der Waals surface area contributed by atoms with Crippen molar-refractivity contribution in [2.24, 2.45) is 0 Å². The van der Waals surface area contributed by atoms with Crippen molar-refractivity contribution < 1.29 is 30.3 Å². The van der Waals surface area contributed by atoms with Gasteiger partial charge in [-0.05, 0) is 6.92 Å². The normalized spacial score (nSPS) is 54.6. The van der Waals surface area contributed by atoms with Gasteiger partial charge >= 0.3 is 0 Å². The predicted molar refractivity (Wildman–Crippen MR) is 45.4 cm³/mol. The van der Waals surface area contributed by atoms with Gasteiger partial charge in [0.1, 0.15) is 36.1 Å². The number of aliphatic hydroxyl groups is 5. The molecule has 0 aliphatic heterocycles. The van der Waals surface area contributed by atoms with Crippen LogP contribution in [0.25, 0.3) is 0 Å². The van der Waals surface area contributed by atoms with Crippen molar-refractivity contribution in [3.8, 4) is 0 Å². The zero-order chi connectivity index (χ0) is 11.1. The van der Waals surface area contributed by atoms with Crippen LogP contribution < -0.4 is 0 Å². The van der Waals surface area contributed by atoms with Crippen molar-refractivity contribution in [3.05, 3.63) is 0 Å². The summed E-state index contributed by atoms with van der Waals surface area (Å²) in [5.41, 5.74) is -1.95. The Morgan fingerprint density at radius 1 is 1.00 bits per heavy atom. The molecule has 0 heterocycles. The average molecular weight is 208 g/mol. The maximum Gasteiger partial charge on any atom is 0.119 e. The molecule has 5 N–H and O–H groups in total. The zero-order valence-corrected chi connectivity index (χ0v) is 8.03. The van der Waals surface area contributed by atoms with E-state index >= 15 is 0 Å². The summed E-state index contributed by atoms with van der Waals surface area (Å²) >= 11 is 0. The Bertz CT molecular complexity index is 184. The van der Waals surface area contributed by atoms with E-state index in [9.17, 15) is 25.5 Å². The van der Waals surface area contributed by atoms with Crippen LogP contribution in [-0.2, 0) is 4.74 Å². The summed E-state index contributed by atoms with van der Waals surface area (Å²) in [6.45, 7) is 1.14. The summed E-state index contributed by atoms with van der Waals surface area (Å²) in [5.74, 6) is 0. The van der Waals surface area contributed by atoms with E-state index < -0.39 is 36.1 Å². The Hall–Kier alpha value is -0.240. The van der Waals surface area contributed by atoms with Crippen LogP contribution in [0.1, 0.15) is 6.92 Å². The first kappa shape index (κ1) is 11.8. The van der Waals surface area contributed by atoms with Crippen molar-refractivity contribution in [2.75, 3.05) is 7.11 Å². The van der Waals surface area contributed by atoms with E-state index in [2.05, 4.69) is 0 Å². The number of hydrogen-bond acceptors (Lipinski definition) is 6. The Morgan fingerprint density at radius 3 is 1.64 bits per heavy atom. The van der Waals surface area contributed by atoms with Gasteiger partial charge in [-0.1, -0.05) is 0 Å². The average Bonchev–Trinajstić information content (AvgIpc) is 2.14.